The quantitative estimate of drug-likeness (QED) is 0.464. The number of carboxylic acids is 1. The van der Waals surface area contributed by atoms with Gasteiger partial charge in [-0.2, -0.15) is 0 Å². The van der Waals surface area contributed by atoms with Crippen molar-refractivity contribution in [2.45, 2.75) is 38.8 Å². The molecule has 0 spiro atoms. The molecule has 2 unspecified atom stereocenters. The second-order valence-electron chi connectivity index (χ2n) is 4.08. The summed E-state index contributed by atoms with van der Waals surface area (Å²) in [7, 11) is 0. The minimum absolute atomic E-state index is 0.0305. The number of hydrogen-bond acceptors (Lipinski definition) is 4. The zero-order valence-electron chi connectivity index (χ0n) is 9.64. The van der Waals surface area contributed by atoms with Crippen molar-refractivity contribution in [3.8, 4) is 0 Å². The maximum atomic E-state index is 11.5. The summed E-state index contributed by atoms with van der Waals surface area (Å²) in [4.78, 5) is 21.8. The highest BCUT2D eigenvalue weighted by atomic mass is 16.4. The van der Waals surface area contributed by atoms with Crippen molar-refractivity contribution in [3.05, 3.63) is 0 Å². The number of amides is 1. The van der Waals surface area contributed by atoms with Crippen LogP contribution in [0.25, 0.3) is 0 Å². The number of hydrogen-bond donors (Lipinski definition) is 4. The molecule has 0 aliphatic rings. The smallest absolute Gasteiger partial charge is 0.305 e. The first-order valence-corrected chi connectivity index (χ1v) is 5.27. The largest absolute Gasteiger partial charge is 0.481 e. The van der Waals surface area contributed by atoms with Gasteiger partial charge in [0.2, 0.25) is 5.91 Å². The lowest BCUT2D eigenvalue weighted by atomic mass is 10.0. The molecule has 0 rings (SSSR count). The van der Waals surface area contributed by atoms with Gasteiger partial charge in [0.25, 0.3) is 0 Å². The summed E-state index contributed by atoms with van der Waals surface area (Å²) < 4.78 is 0. The van der Waals surface area contributed by atoms with E-state index in [-0.39, 0.29) is 18.6 Å². The van der Waals surface area contributed by atoms with E-state index in [4.69, 9.17) is 15.9 Å². The summed E-state index contributed by atoms with van der Waals surface area (Å²) >= 11 is 0. The number of aliphatic hydroxyl groups excluding tert-OH is 1. The van der Waals surface area contributed by atoms with Gasteiger partial charge < -0.3 is 21.3 Å². The van der Waals surface area contributed by atoms with Gasteiger partial charge in [-0.3, -0.25) is 9.59 Å². The SMILES string of the molecule is CC(C)C(CCO)NC(=O)C(N)CC(=O)O. The Hall–Kier alpha value is -1.14. The molecular formula is C10H20N2O4. The lowest BCUT2D eigenvalue weighted by Crippen LogP contribution is -2.48. The van der Waals surface area contributed by atoms with Crippen molar-refractivity contribution in [1.82, 2.24) is 5.32 Å². The predicted molar refractivity (Wildman–Crippen MR) is 58.7 cm³/mol. The number of nitrogens with two attached hydrogens (primary N) is 1. The van der Waals surface area contributed by atoms with Crippen molar-refractivity contribution in [1.29, 1.82) is 0 Å². The van der Waals surface area contributed by atoms with E-state index in [0.29, 0.717) is 6.42 Å². The molecule has 2 atom stereocenters. The Labute approximate surface area is 94.8 Å². The summed E-state index contributed by atoms with van der Waals surface area (Å²) in [6.07, 6.45) is 0.0406. The highest BCUT2D eigenvalue weighted by molar-refractivity contribution is 5.86. The number of aliphatic hydroxyl groups is 1. The number of carbonyl (C=O) groups is 2. The van der Waals surface area contributed by atoms with Gasteiger partial charge in [-0.1, -0.05) is 13.8 Å². The molecule has 0 aromatic carbocycles. The molecule has 0 radical (unpaired) electrons. The first-order chi connectivity index (χ1) is 7.38. The van der Waals surface area contributed by atoms with E-state index in [0.717, 1.165) is 0 Å². The summed E-state index contributed by atoms with van der Waals surface area (Å²) in [6, 6.07) is -1.23. The van der Waals surface area contributed by atoms with Crippen LogP contribution in [0, 0.1) is 5.92 Å². The van der Waals surface area contributed by atoms with Crippen molar-refractivity contribution >= 4 is 11.9 Å². The van der Waals surface area contributed by atoms with E-state index in [2.05, 4.69) is 5.32 Å². The lowest BCUT2D eigenvalue weighted by molar-refractivity contribution is -0.139. The lowest BCUT2D eigenvalue weighted by Gasteiger charge is -2.23. The number of nitrogens with one attached hydrogen (secondary N) is 1. The summed E-state index contributed by atoms with van der Waals surface area (Å²) in [5.74, 6) is -1.44. The van der Waals surface area contributed by atoms with Crippen LogP contribution in [0.2, 0.25) is 0 Å². The molecule has 0 aromatic heterocycles. The molecule has 0 saturated carbocycles. The zero-order valence-corrected chi connectivity index (χ0v) is 9.64. The molecule has 0 aromatic rings. The Morgan fingerprint density at radius 3 is 2.31 bits per heavy atom. The summed E-state index contributed by atoms with van der Waals surface area (Å²) in [5.41, 5.74) is 5.41. The highest BCUT2D eigenvalue weighted by Gasteiger charge is 2.21. The molecular weight excluding hydrogens is 212 g/mol. The Kier molecular flexibility index (Phi) is 6.67. The maximum absolute atomic E-state index is 11.5. The Morgan fingerprint density at radius 1 is 1.38 bits per heavy atom. The zero-order chi connectivity index (χ0) is 12.7. The Bertz CT molecular complexity index is 243. The third-order valence-corrected chi connectivity index (χ3v) is 2.30. The van der Waals surface area contributed by atoms with Crippen LogP contribution in [0.15, 0.2) is 0 Å². The minimum Gasteiger partial charge on any atom is -0.481 e. The van der Waals surface area contributed by atoms with Crippen LogP contribution in [-0.2, 0) is 9.59 Å². The molecule has 0 heterocycles. The number of carbonyl (C=O) groups excluding carboxylic acids is 1. The van der Waals surface area contributed by atoms with Gasteiger partial charge in [0, 0.05) is 12.6 Å². The average Bonchev–Trinajstić information content (AvgIpc) is 2.15. The van der Waals surface area contributed by atoms with Crippen LogP contribution >= 0.6 is 0 Å². The van der Waals surface area contributed by atoms with Gasteiger partial charge in [0.05, 0.1) is 12.5 Å². The van der Waals surface area contributed by atoms with E-state index in [9.17, 15) is 9.59 Å². The Morgan fingerprint density at radius 2 is 1.94 bits per heavy atom. The molecule has 16 heavy (non-hydrogen) atoms. The molecule has 0 saturated heterocycles. The molecule has 0 bridgehead atoms. The normalized spacial score (nSPS) is 14.6. The molecule has 6 heteroatoms. The number of aliphatic carboxylic acids is 1. The van der Waals surface area contributed by atoms with Gasteiger partial charge in [0.15, 0.2) is 0 Å². The number of carboxylic acid groups (broad SMARTS) is 1. The van der Waals surface area contributed by atoms with Gasteiger partial charge in [0.1, 0.15) is 0 Å². The molecule has 0 aliphatic carbocycles. The minimum atomic E-state index is -1.11. The van der Waals surface area contributed by atoms with Crippen LogP contribution in [0.1, 0.15) is 26.7 Å². The Balaban J connectivity index is 4.22. The molecule has 0 aliphatic heterocycles. The third-order valence-electron chi connectivity index (χ3n) is 2.30. The van der Waals surface area contributed by atoms with E-state index in [1.54, 1.807) is 0 Å². The highest BCUT2D eigenvalue weighted by Crippen LogP contribution is 2.06. The van der Waals surface area contributed by atoms with E-state index in [1.807, 2.05) is 13.8 Å². The molecule has 94 valence electrons. The molecule has 5 N–H and O–H groups in total. The summed E-state index contributed by atoms with van der Waals surface area (Å²) in [5, 5.41) is 19.9. The van der Waals surface area contributed by atoms with Crippen LogP contribution in [0.5, 0.6) is 0 Å². The number of rotatable bonds is 7. The van der Waals surface area contributed by atoms with Gasteiger partial charge in [-0.25, -0.2) is 0 Å². The topological polar surface area (TPSA) is 113 Å². The fraction of sp³-hybridized carbons (Fsp3) is 0.800. The predicted octanol–water partition coefficient (Wildman–Crippen LogP) is -0.688. The van der Waals surface area contributed by atoms with Crippen molar-refractivity contribution < 1.29 is 19.8 Å². The summed E-state index contributed by atoms with van der Waals surface area (Å²) in [6.45, 7) is 3.78. The van der Waals surface area contributed by atoms with Crippen molar-refractivity contribution in [2.75, 3.05) is 6.61 Å². The average molecular weight is 232 g/mol. The fourth-order valence-electron chi connectivity index (χ4n) is 1.28. The van der Waals surface area contributed by atoms with E-state index < -0.39 is 24.3 Å². The maximum Gasteiger partial charge on any atom is 0.305 e. The second kappa shape index (κ2) is 7.19. The van der Waals surface area contributed by atoms with Crippen LogP contribution < -0.4 is 11.1 Å². The molecule has 0 fully saturated rings. The molecule has 1 amide bonds. The van der Waals surface area contributed by atoms with Gasteiger partial charge in [-0.05, 0) is 12.3 Å². The first kappa shape index (κ1) is 14.9. The molecule has 6 nitrogen and oxygen atoms in total. The monoisotopic (exact) mass is 232 g/mol. The van der Waals surface area contributed by atoms with E-state index >= 15 is 0 Å². The van der Waals surface area contributed by atoms with Crippen molar-refractivity contribution in [2.24, 2.45) is 11.7 Å². The van der Waals surface area contributed by atoms with Gasteiger partial charge >= 0.3 is 5.97 Å². The van der Waals surface area contributed by atoms with Crippen LogP contribution in [-0.4, -0.2) is 40.8 Å². The van der Waals surface area contributed by atoms with Crippen LogP contribution in [0.4, 0.5) is 0 Å². The third kappa shape index (κ3) is 5.67. The first-order valence-electron chi connectivity index (χ1n) is 5.27. The van der Waals surface area contributed by atoms with Crippen LogP contribution in [0.3, 0.4) is 0 Å². The van der Waals surface area contributed by atoms with Gasteiger partial charge in [-0.15, -0.1) is 0 Å². The standard InChI is InChI=1S/C10H20N2O4/c1-6(2)8(3-4-13)12-10(16)7(11)5-9(14)15/h6-8,13H,3-5,11H2,1-2H3,(H,12,16)(H,14,15). The second-order valence-corrected chi connectivity index (χ2v) is 4.08. The van der Waals surface area contributed by atoms with Crippen molar-refractivity contribution in [3.63, 3.8) is 0 Å². The van der Waals surface area contributed by atoms with E-state index in [1.165, 1.54) is 0 Å². The fourth-order valence-corrected chi connectivity index (χ4v) is 1.28.